The second-order valence-electron chi connectivity index (χ2n) is 5.82. The Kier molecular flexibility index (Phi) is 2.31. The summed E-state index contributed by atoms with van der Waals surface area (Å²) >= 11 is 0. The van der Waals surface area contributed by atoms with Crippen molar-refractivity contribution in [2.45, 2.75) is 54.4 Å². The first-order chi connectivity index (χ1) is 5.30. The van der Waals surface area contributed by atoms with E-state index >= 15 is 0 Å². The molecule has 1 rings (SSSR count). The van der Waals surface area contributed by atoms with Crippen LogP contribution >= 0.6 is 0 Å². The van der Waals surface area contributed by atoms with Crippen LogP contribution in [0, 0.1) is 22.7 Å². The molecule has 0 nitrogen and oxygen atoms in total. The monoisotopic (exact) mass is 168 g/mol. The van der Waals surface area contributed by atoms with Crippen molar-refractivity contribution in [3.8, 4) is 0 Å². The maximum absolute atomic E-state index is 2.44. The Morgan fingerprint density at radius 1 is 0.750 bits per heavy atom. The lowest BCUT2D eigenvalue weighted by molar-refractivity contribution is -0.0443. The van der Waals surface area contributed by atoms with E-state index in [0.717, 1.165) is 11.8 Å². The normalized spacial score (nSPS) is 39.5. The van der Waals surface area contributed by atoms with Crippen LogP contribution in [0.4, 0.5) is 0 Å². The molecule has 72 valence electrons. The van der Waals surface area contributed by atoms with Gasteiger partial charge in [0.15, 0.2) is 0 Å². The molecule has 1 fully saturated rings. The van der Waals surface area contributed by atoms with Gasteiger partial charge in [-0.25, -0.2) is 0 Å². The highest BCUT2D eigenvalue weighted by Gasteiger charge is 2.47. The maximum Gasteiger partial charge on any atom is -0.0275 e. The minimum atomic E-state index is 0.505. The highest BCUT2D eigenvalue weighted by Crippen LogP contribution is 2.55. The first kappa shape index (κ1) is 10.1. The molecule has 12 heavy (non-hydrogen) atoms. The zero-order chi connectivity index (χ0) is 9.57. The summed E-state index contributed by atoms with van der Waals surface area (Å²) in [7, 11) is 0. The van der Waals surface area contributed by atoms with Crippen molar-refractivity contribution in [3.05, 3.63) is 0 Å². The van der Waals surface area contributed by atoms with Crippen LogP contribution in [0.1, 0.15) is 54.4 Å². The van der Waals surface area contributed by atoms with E-state index in [1.54, 1.807) is 0 Å². The van der Waals surface area contributed by atoms with E-state index < -0.39 is 0 Å². The molecule has 1 saturated carbocycles. The zero-order valence-electron chi connectivity index (χ0n) is 9.57. The van der Waals surface area contributed by atoms with Crippen LogP contribution in [0.25, 0.3) is 0 Å². The highest BCUT2D eigenvalue weighted by atomic mass is 14.5. The summed E-state index contributed by atoms with van der Waals surface area (Å²) in [6.07, 6.45) is 2.83. The Morgan fingerprint density at radius 2 is 1.00 bits per heavy atom. The van der Waals surface area contributed by atoms with E-state index in [0.29, 0.717) is 10.8 Å². The molecular weight excluding hydrogens is 144 g/mol. The van der Waals surface area contributed by atoms with Crippen molar-refractivity contribution in [3.63, 3.8) is 0 Å². The van der Waals surface area contributed by atoms with Gasteiger partial charge in [0.25, 0.3) is 0 Å². The standard InChI is InChI=1S/C12H24/c1-9-7-8-10(2)12(5,6)11(9,3)4/h9-10H,7-8H2,1-6H3. The summed E-state index contributed by atoms with van der Waals surface area (Å²) in [4.78, 5) is 0. The van der Waals surface area contributed by atoms with Gasteiger partial charge >= 0.3 is 0 Å². The van der Waals surface area contributed by atoms with E-state index in [9.17, 15) is 0 Å². The Hall–Kier alpha value is 0. The van der Waals surface area contributed by atoms with Gasteiger partial charge in [0.05, 0.1) is 0 Å². The summed E-state index contributed by atoms with van der Waals surface area (Å²) in [5.74, 6) is 1.76. The molecule has 2 unspecified atom stereocenters. The van der Waals surface area contributed by atoms with Gasteiger partial charge in [0, 0.05) is 0 Å². The molecule has 0 N–H and O–H groups in total. The number of rotatable bonds is 0. The third kappa shape index (κ3) is 1.20. The summed E-state index contributed by atoms with van der Waals surface area (Å²) in [5.41, 5.74) is 1.01. The van der Waals surface area contributed by atoms with Gasteiger partial charge in [-0.3, -0.25) is 0 Å². The van der Waals surface area contributed by atoms with Crippen LogP contribution in [0.15, 0.2) is 0 Å². The lowest BCUT2D eigenvalue weighted by Gasteiger charge is -2.54. The van der Waals surface area contributed by atoms with Crippen molar-refractivity contribution in [2.24, 2.45) is 22.7 Å². The van der Waals surface area contributed by atoms with Crippen LogP contribution in [-0.2, 0) is 0 Å². The molecule has 0 aromatic heterocycles. The van der Waals surface area contributed by atoms with Crippen LogP contribution in [0.3, 0.4) is 0 Å². The first-order valence-electron chi connectivity index (χ1n) is 5.30. The average molecular weight is 168 g/mol. The topological polar surface area (TPSA) is 0 Å². The van der Waals surface area contributed by atoms with Gasteiger partial charge in [-0.05, 0) is 35.5 Å². The van der Waals surface area contributed by atoms with Gasteiger partial charge in [-0.15, -0.1) is 0 Å². The van der Waals surface area contributed by atoms with Crippen LogP contribution in [0.5, 0.6) is 0 Å². The Bertz CT molecular complexity index is 145. The summed E-state index contributed by atoms with van der Waals surface area (Å²) < 4.78 is 0. The van der Waals surface area contributed by atoms with Crippen molar-refractivity contribution < 1.29 is 0 Å². The van der Waals surface area contributed by atoms with Gasteiger partial charge in [0.2, 0.25) is 0 Å². The van der Waals surface area contributed by atoms with E-state index in [-0.39, 0.29) is 0 Å². The van der Waals surface area contributed by atoms with E-state index in [4.69, 9.17) is 0 Å². The maximum atomic E-state index is 2.44. The molecule has 0 bridgehead atoms. The van der Waals surface area contributed by atoms with Crippen molar-refractivity contribution in [2.75, 3.05) is 0 Å². The van der Waals surface area contributed by atoms with Gasteiger partial charge in [-0.2, -0.15) is 0 Å². The lowest BCUT2D eigenvalue weighted by atomic mass is 9.51. The second kappa shape index (κ2) is 2.75. The molecule has 2 atom stereocenters. The molecule has 0 spiro atoms. The third-order valence-corrected chi connectivity index (χ3v) is 5.16. The minimum absolute atomic E-state index is 0.505. The lowest BCUT2D eigenvalue weighted by Crippen LogP contribution is -2.46. The predicted molar refractivity (Wildman–Crippen MR) is 55.1 cm³/mol. The largest absolute Gasteiger partial charge is 0.0620 e. The van der Waals surface area contributed by atoms with E-state index in [1.165, 1.54) is 12.8 Å². The Balaban J connectivity index is 2.92. The summed E-state index contributed by atoms with van der Waals surface area (Å²) in [6.45, 7) is 14.6. The zero-order valence-corrected chi connectivity index (χ0v) is 9.57. The van der Waals surface area contributed by atoms with Gasteiger partial charge in [-0.1, -0.05) is 41.5 Å². The molecule has 0 aromatic carbocycles. The van der Waals surface area contributed by atoms with Crippen molar-refractivity contribution in [1.29, 1.82) is 0 Å². The molecule has 0 radical (unpaired) electrons. The fourth-order valence-electron chi connectivity index (χ4n) is 2.49. The van der Waals surface area contributed by atoms with Crippen LogP contribution < -0.4 is 0 Å². The SMILES string of the molecule is CC1CCC(C)C(C)(C)C1(C)C. The third-order valence-electron chi connectivity index (χ3n) is 5.16. The number of hydrogen-bond donors (Lipinski definition) is 0. The molecular formula is C12H24. The quantitative estimate of drug-likeness (QED) is 0.511. The van der Waals surface area contributed by atoms with Crippen LogP contribution in [0.2, 0.25) is 0 Å². The molecule has 0 saturated heterocycles. The Labute approximate surface area is 77.7 Å². The van der Waals surface area contributed by atoms with E-state index in [1.807, 2.05) is 0 Å². The second-order valence-corrected chi connectivity index (χ2v) is 5.82. The van der Waals surface area contributed by atoms with Gasteiger partial charge in [0.1, 0.15) is 0 Å². The van der Waals surface area contributed by atoms with Crippen LogP contribution in [-0.4, -0.2) is 0 Å². The molecule has 0 aliphatic heterocycles. The summed E-state index contributed by atoms with van der Waals surface area (Å²) in [5, 5.41) is 0. The highest BCUT2D eigenvalue weighted by molar-refractivity contribution is 4.96. The van der Waals surface area contributed by atoms with Gasteiger partial charge < -0.3 is 0 Å². The summed E-state index contributed by atoms with van der Waals surface area (Å²) in [6, 6.07) is 0. The van der Waals surface area contributed by atoms with E-state index in [2.05, 4.69) is 41.5 Å². The number of hydrogen-bond acceptors (Lipinski definition) is 0. The average Bonchev–Trinajstić information content (AvgIpc) is 1.96. The fourth-order valence-corrected chi connectivity index (χ4v) is 2.49. The predicted octanol–water partition coefficient (Wildman–Crippen LogP) is 4.10. The smallest absolute Gasteiger partial charge is 0.0275 e. The molecule has 0 aromatic rings. The van der Waals surface area contributed by atoms with Crippen molar-refractivity contribution >= 4 is 0 Å². The fraction of sp³-hybridized carbons (Fsp3) is 1.00. The molecule has 0 heterocycles. The molecule has 0 amide bonds. The molecule has 0 heteroatoms. The minimum Gasteiger partial charge on any atom is -0.0620 e. The Morgan fingerprint density at radius 3 is 1.25 bits per heavy atom. The molecule has 1 aliphatic rings. The molecule has 1 aliphatic carbocycles. The van der Waals surface area contributed by atoms with Crippen molar-refractivity contribution in [1.82, 2.24) is 0 Å². The first-order valence-corrected chi connectivity index (χ1v) is 5.30.